The summed E-state index contributed by atoms with van der Waals surface area (Å²) in [6.45, 7) is 4.66. The van der Waals surface area contributed by atoms with Crippen LogP contribution in [0.1, 0.15) is 36.2 Å². The second kappa shape index (κ2) is 5.34. The van der Waals surface area contributed by atoms with E-state index in [-0.39, 0.29) is 24.2 Å². The number of rotatable bonds is 3. The highest BCUT2D eigenvalue weighted by molar-refractivity contribution is 5.98. The van der Waals surface area contributed by atoms with Gasteiger partial charge >= 0.3 is 0 Å². The van der Waals surface area contributed by atoms with E-state index in [4.69, 9.17) is 0 Å². The number of hydrogen-bond acceptors (Lipinski definition) is 2. The Labute approximate surface area is 108 Å². The number of carbonyl (C=O) groups excluding carboxylic acids is 2. The van der Waals surface area contributed by atoms with Crippen LogP contribution in [0.5, 0.6) is 0 Å². The van der Waals surface area contributed by atoms with Gasteiger partial charge in [-0.15, -0.1) is 0 Å². The third-order valence-electron chi connectivity index (χ3n) is 3.40. The van der Waals surface area contributed by atoms with Gasteiger partial charge in [-0.05, 0) is 24.5 Å². The molecule has 0 spiro atoms. The maximum Gasteiger partial charge on any atom is 0.254 e. The maximum atomic E-state index is 12.4. The zero-order valence-corrected chi connectivity index (χ0v) is 11.0. The minimum Gasteiger partial charge on any atom is -0.331 e. The SMILES string of the molecule is CC(C)C(=O)CN1CCCc2ccccc2C1=O. The Morgan fingerprint density at radius 2 is 2.06 bits per heavy atom. The van der Waals surface area contributed by atoms with Crippen molar-refractivity contribution < 1.29 is 9.59 Å². The summed E-state index contributed by atoms with van der Waals surface area (Å²) in [4.78, 5) is 25.8. The number of hydrogen-bond donors (Lipinski definition) is 0. The monoisotopic (exact) mass is 245 g/mol. The number of aryl methyl sites for hydroxylation is 1. The predicted molar refractivity (Wildman–Crippen MR) is 70.5 cm³/mol. The van der Waals surface area contributed by atoms with Gasteiger partial charge in [0, 0.05) is 18.0 Å². The van der Waals surface area contributed by atoms with Crippen LogP contribution in [0.15, 0.2) is 24.3 Å². The van der Waals surface area contributed by atoms with E-state index in [1.807, 2.05) is 38.1 Å². The summed E-state index contributed by atoms with van der Waals surface area (Å²) in [6.07, 6.45) is 1.84. The zero-order valence-electron chi connectivity index (χ0n) is 11.0. The van der Waals surface area contributed by atoms with E-state index < -0.39 is 0 Å². The fourth-order valence-corrected chi connectivity index (χ4v) is 2.20. The molecule has 1 amide bonds. The topological polar surface area (TPSA) is 37.4 Å². The molecular weight excluding hydrogens is 226 g/mol. The average molecular weight is 245 g/mol. The van der Waals surface area contributed by atoms with Crippen molar-refractivity contribution >= 4 is 11.7 Å². The molecule has 1 aliphatic heterocycles. The lowest BCUT2D eigenvalue weighted by molar-refractivity contribution is -0.122. The number of Topliss-reactive ketones (excluding diaryl/α,β-unsaturated/α-hetero) is 1. The second-order valence-electron chi connectivity index (χ2n) is 5.11. The van der Waals surface area contributed by atoms with Crippen molar-refractivity contribution in [3.05, 3.63) is 35.4 Å². The largest absolute Gasteiger partial charge is 0.331 e. The van der Waals surface area contributed by atoms with Crippen LogP contribution in [0.3, 0.4) is 0 Å². The highest BCUT2D eigenvalue weighted by Crippen LogP contribution is 2.18. The molecule has 0 bridgehead atoms. The summed E-state index contributed by atoms with van der Waals surface area (Å²) in [6, 6.07) is 7.70. The molecule has 0 N–H and O–H groups in total. The molecule has 1 aromatic carbocycles. The molecule has 0 saturated carbocycles. The second-order valence-corrected chi connectivity index (χ2v) is 5.11. The molecule has 96 valence electrons. The Hall–Kier alpha value is -1.64. The average Bonchev–Trinajstić information content (AvgIpc) is 2.51. The van der Waals surface area contributed by atoms with E-state index in [1.165, 1.54) is 0 Å². The third-order valence-corrected chi connectivity index (χ3v) is 3.40. The zero-order chi connectivity index (χ0) is 13.1. The molecular formula is C15H19NO2. The molecule has 1 heterocycles. The van der Waals surface area contributed by atoms with Gasteiger partial charge < -0.3 is 4.90 Å². The maximum absolute atomic E-state index is 12.4. The molecule has 0 radical (unpaired) electrons. The van der Waals surface area contributed by atoms with E-state index in [2.05, 4.69) is 0 Å². The van der Waals surface area contributed by atoms with Crippen LogP contribution in [0.4, 0.5) is 0 Å². The fourth-order valence-electron chi connectivity index (χ4n) is 2.20. The first-order valence-corrected chi connectivity index (χ1v) is 6.49. The Kier molecular flexibility index (Phi) is 3.80. The fraction of sp³-hybridized carbons (Fsp3) is 0.467. The minimum atomic E-state index is -0.0173. The molecule has 1 aromatic rings. The van der Waals surface area contributed by atoms with Crippen LogP contribution in [-0.4, -0.2) is 29.7 Å². The predicted octanol–water partition coefficient (Wildman–Crippen LogP) is 2.30. The number of fused-ring (bicyclic) bond motifs is 1. The molecule has 3 heteroatoms. The van der Waals surface area contributed by atoms with Crippen LogP contribution >= 0.6 is 0 Å². The Morgan fingerprint density at radius 1 is 1.33 bits per heavy atom. The number of ketones is 1. The lowest BCUT2D eigenvalue weighted by atomic mass is 10.0. The normalized spacial score (nSPS) is 15.5. The van der Waals surface area contributed by atoms with Crippen molar-refractivity contribution in [2.75, 3.05) is 13.1 Å². The molecule has 0 aromatic heterocycles. The lowest BCUT2D eigenvalue weighted by Gasteiger charge is -2.21. The van der Waals surface area contributed by atoms with Crippen molar-refractivity contribution in [1.82, 2.24) is 4.90 Å². The van der Waals surface area contributed by atoms with Crippen molar-refractivity contribution in [2.24, 2.45) is 5.92 Å². The van der Waals surface area contributed by atoms with Gasteiger partial charge in [0.15, 0.2) is 5.78 Å². The Morgan fingerprint density at radius 3 is 2.78 bits per heavy atom. The lowest BCUT2D eigenvalue weighted by Crippen LogP contribution is -2.37. The molecule has 0 aliphatic carbocycles. The minimum absolute atomic E-state index is 0.00269. The first-order valence-electron chi connectivity index (χ1n) is 6.49. The van der Waals surface area contributed by atoms with Crippen LogP contribution in [-0.2, 0) is 11.2 Å². The molecule has 1 aliphatic rings. The number of benzene rings is 1. The van der Waals surface area contributed by atoms with Gasteiger partial charge in [0.25, 0.3) is 5.91 Å². The summed E-state index contributed by atoms with van der Waals surface area (Å²) in [5.41, 5.74) is 1.86. The molecule has 0 atom stereocenters. The molecule has 0 unspecified atom stereocenters. The summed E-state index contributed by atoms with van der Waals surface area (Å²) in [5.74, 6) is 0.108. The molecule has 3 nitrogen and oxygen atoms in total. The number of carbonyl (C=O) groups is 2. The Bertz CT molecular complexity index is 465. The first-order chi connectivity index (χ1) is 8.59. The van der Waals surface area contributed by atoms with Gasteiger partial charge in [-0.1, -0.05) is 32.0 Å². The quantitative estimate of drug-likeness (QED) is 0.819. The van der Waals surface area contributed by atoms with Crippen molar-refractivity contribution in [3.8, 4) is 0 Å². The molecule has 2 rings (SSSR count). The van der Waals surface area contributed by atoms with Gasteiger partial charge in [-0.2, -0.15) is 0 Å². The van der Waals surface area contributed by atoms with Crippen LogP contribution in [0, 0.1) is 5.92 Å². The van der Waals surface area contributed by atoms with Crippen molar-refractivity contribution in [2.45, 2.75) is 26.7 Å². The van der Waals surface area contributed by atoms with Gasteiger partial charge in [0.1, 0.15) is 0 Å². The van der Waals surface area contributed by atoms with E-state index >= 15 is 0 Å². The van der Waals surface area contributed by atoms with Gasteiger partial charge in [-0.25, -0.2) is 0 Å². The van der Waals surface area contributed by atoms with Crippen LogP contribution < -0.4 is 0 Å². The molecule has 18 heavy (non-hydrogen) atoms. The van der Waals surface area contributed by atoms with E-state index in [1.54, 1.807) is 4.90 Å². The van der Waals surface area contributed by atoms with E-state index in [0.29, 0.717) is 6.54 Å². The smallest absolute Gasteiger partial charge is 0.254 e. The standard InChI is InChI=1S/C15H19NO2/c1-11(2)14(17)10-16-9-5-7-12-6-3-4-8-13(12)15(16)18/h3-4,6,8,11H,5,7,9-10H2,1-2H3. The molecule has 0 fully saturated rings. The summed E-state index contributed by atoms with van der Waals surface area (Å²) < 4.78 is 0. The van der Waals surface area contributed by atoms with Crippen molar-refractivity contribution in [3.63, 3.8) is 0 Å². The van der Waals surface area contributed by atoms with Crippen LogP contribution in [0.2, 0.25) is 0 Å². The number of nitrogens with zero attached hydrogens (tertiary/aromatic N) is 1. The summed E-state index contributed by atoms with van der Waals surface area (Å²) in [7, 11) is 0. The van der Waals surface area contributed by atoms with E-state index in [0.717, 1.165) is 24.0 Å². The first kappa shape index (κ1) is 12.8. The molecule has 0 saturated heterocycles. The third kappa shape index (κ3) is 2.61. The highest BCUT2D eigenvalue weighted by atomic mass is 16.2. The van der Waals surface area contributed by atoms with E-state index in [9.17, 15) is 9.59 Å². The summed E-state index contributed by atoms with van der Waals surface area (Å²) in [5, 5.41) is 0. The Balaban J connectivity index is 2.20. The van der Waals surface area contributed by atoms with Gasteiger partial charge in [0.05, 0.1) is 6.54 Å². The van der Waals surface area contributed by atoms with Gasteiger partial charge in [0.2, 0.25) is 0 Å². The van der Waals surface area contributed by atoms with Gasteiger partial charge in [-0.3, -0.25) is 9.59 Å². The van der Waals surface area contributed by atoms with Crippen LogP contribution in [0.25, 0.3) is 0 Å². The van der Waals surface area contributed by atoms with Crippen molar-refractivity contribution in [1.29, 1.82) is 0 Å². The highest BCUT2D eigenvalue weighted by Gasteiger charge is 2.24. The number of amides is 1. The summed E-state index contributed by atoms with van der Waals surface area (Å²) >= 11 is 0.